The van der Waals surface area contributed by atoms with E-state index in [4.69, 9.17) is 4.74 Å². The van der Waals surface area contributed by atoms with Gasteiger partial charge in [-0.25, -0.2) is 9.38 Å². The number of ether oxygens (including phenoxy) is 1. The second kappa shape index (κ2) is 12.7. The molecule has 152 valence electrons. The van der Waals surface area contributed by atoms with E-state index in [0.717, 1.165) is 44.6 Å². The van der Waals surface area contributed by atoms with E-state index < -0.39 is 0 Å². The molecule has 0 saturated carbocycles. The highest BCUT2D eigenvalue weighted by Gasteiger charge is 2.18. The van der Waals surface area contributed by atoms with E-state index in [1.807, 2.05) is 24.8 Å². The summed E-state index contributed by atoms with van der Waals surface area (Å²) in [5, 5.41) is 6.43. The molecule has 0 radical (unpaired) electrons. The lowest BCUT2D eigenvalue weighted by Crippen LogP contribution is -2.39. The smallest absolute Gasteiger partial charge is 0.222 e. The highest BCUT2D eigenvalue weighted by atomic mass is 127. The van der Waals surface area contributed by atoms with Gasteiger partial charge >= 0.3 is 0 Å². The summed E-state index contributed by atoms with van der Waals surface area (Å²) >= 11 is 0. The van der Waals surface area contributed by atoms with Crippen LogP contribution < -0.4 is 15.4 Å². The Bertz CT molecular complexity index is 628. The third-order valence-electron chi connectivity index (χ3n) is 4.13. The molecule has 0 aromatic heterocycles. The Morgan fingerprint density at radius 3 is 2.78 bits per heavy atom. The number of aliphatic imine (C=N–C) groups is 1. The Morgan fingerprint density at radius 2 is 2.15 bits per heavy atom. The van der Waals surface area contributed by atoms with Crippen LogP contribution in [0.2, 0.25) is 0 Å². The van der Waals surface area contributed by atoms with Crippen molar-refractivity contribution in [2.75, 3.05) is 32.8 Å². The molecular weight excluding hydrogens is 462 g/mol. The number of nitrogens with zero attached hydrogens (tertiary/aromatic N) is 2. The van der Waals surface area contributed by atoms with E-state index in [9.17, 15) is 9.18 Å². The molecule has 8 heteroatoms. The fraction of sp³-hybridized carbons (Fsp3) is 0.579. The molecule has 0 atom stereocenters. The third-order valence-corrected chi connectivity index (χ3v) is 4.13. The summed E-state index contributed by atoms with van der Waals surface area (Å²) in [4.78, 5) is 18.0. The van der Waals surface area contributed by atoms with Gasteiger partial charge in [-0.2, -0.15) is 0 Å². The Balaban J connectivity index is 0.00000364. The standard InChI is InChI=1S/C19H29FN4O2.HI/c1-3-21-19(22-10-6-12-24-11-5-7-18(24)25)23-14-15-8-9-17(26-4-2)16(20)13-15;/h8-9,13H,3-7,10-12,14H2,1-2H3,(H2,21,22,23);1H. The fourth-order valence-corrected chi connectivity index (χ4v) is 2.84. The maximum Gasteiger partial charge on any atom is 0.222 e. The van der Waals surface area contributed by atoms with Crippen molar-refractivity contribution >= 4 is 35.8 Å². The van der Waals surface area contributed by atoms with Crippen LogP contribution in [-0.2, 0) is 11.3 Å². The summed E-state index contributed by atoms with van der Waals surface area (Å²) in [6.45, 7) is 7.75. The number of guanidine groups is 1. The molecule has 0 bridgehead atoms. The molecule has 1 amide bonds. The zero-order valence-electron chi connectivity index (χ0n) is 16.1. The van der Waals surface area contributed by atoms with Crippen molar-refractivity contribution < 1.29 is 13.9 Å². The second-order valence-electron chi connectivity index (χ2n) is 6.16. The van der Waals surface area contributed by atoms with E-state index in [1.165, 1.54) is 6.07 Å². The van der Waals surface area contributed by atoms with Gasteiger partial charge in [0.25, 0.3) is 0 Å². The van der Waals surface area contributed by atoms with Crippen molar-refractivity contribution in [2.24, 2.45) is 4.99 Å². The molecule has 2 rings (SSSR count). The molecule has 0 aliphatic carbocycles. The summed E-state index contributed by atoms with van der Waals surface area (Å²) in [6.07, 6.45) is 2.51. The minimum absolute atomic E-state index is 0. The molecular formula is C19H30FIN4O2. The minimum Gasteiger partial charge on any atom is -0.491 e. The van der Waals surface area contributed by atoms with E-state index in [1.54, 1.807) is 6.07 Å². The number of benzene rings is 1. The number of carbonyl (C=O) groups is 1. The molecule has 1 saturated heterocycles. The van der Waals surface area contributed by atoms with Gasteiger partial charge in [0.15, 0.2) is 17.5 Å². The van der Waals surface area contributed by atoms with Crippen LogP contribution in [0.4, 0.5) is 4.39 Å². The van der Waals surface area contributed by atoms with Crippen LogP contribution in [0.1, 0.15) is 38.7 Å². The minimum atomic E-state index is -0.368. The first kappa shape index (κ1) is 23.5. The van der Waals surface area contributed by atoms with Crippen molar-refractivity contribution in [1.29, 1.82) is 0 Å². The molecule has 0 spiro atoms. The summed E-state index contributed by atoms with van der Waals surface area (Å²) in [7, 11) is 0. The van der Waals surface area contributed by atoms with Crippen molar-refractivity contribution in [3.8, 4) is 5.75 Å². The molecule has 2 N–H and O–H groups in total. The Kier molecular flexibility index (Phi) is 11.1. The van der Waals surface area contributed by atoms with Gasteiger partial charge in [0.05, 0.1) is 13.2 Å². The monoisotopic (exact) mass is 492 g/mol. The van der Waals surface area contributed by atoms with Crippen LogP contribution in [0.5, 0.6) is 5.75 Å². The predicted molar refractivity (Wildman–Crippen MR) is 116 cm³/mol. The number of likely N-dealkylation sites (tertiary alicyclic amines) is 1. The van der Waals surface area contributed by atoms with Crippen LogP contribution in [0, 0.1) is 5.82 Å². The van der Waals surface area contributed by atoms with Crippen molar-refractivity contribution in [2.45, 2.75) is 39.7 Å². The number of nitrogens with one attached hydrogen (secondary N) is 2. The number of rotatable bonds is 9. The largest absolute Gasteiger partial charge is 0.491 e. The van der Waals surface area contributed by atoms with Gasteiger partial charge in [-0.05, 0) is 44.4 Å². The summed E-state index contributed by atoms with van der Waals surface area (Å²) in [5.74, 6) is 0.840. The Morgan fingerprint density at radius 1 is 1.33 bits per heavy atom. The quantitative estimate of drug-likeness (QED) is 0.241. The SMILES string of the molecule is CCNC(=NCc1ccc(OCC)c(F)c1)NCCCN1CCCC1=O.I. The van der Waals surface area contributed by atoms with Crippen molar-refractivity contribution in [1.82, 2.24) is 15.5 Å². The van der Waals surface area contributed by atoms with Gasteiger partial charge in [-0.3, -0.25) is 4.79 Å². The van der Waals surface area contributed by atoms with Crippen LogP contribution >= 0.6 is 24.0 Å². The van der Waals surface area contributed by atoms with Gasteiger partial charge in [0.1, 0.15) is 0 Å². The number of hydrogen-bond donors (Lipinski definition) is 2. The van der Waals surface area contributed by atoms with Crippen LogP contribution in [0.25, 0.3) is 0 Å². The zero-order valence-corrected chi connectivity index (χ0v) is 18.4. The predicted octanol–water partition coefficient (Wildman–Crippen LogP) is 2.91. The normalized spacial score (nSPS) is 14.1. The zero-order chi connectivity index (χ0) is 18.8. The van der Waals surface area contributed by atoms with E-state index >= 15 is 0 Å². The summed E-state index contributed by atoms with van der Waals surface area (Å²) in [6, 6.07) is 4.91. The fourth-order valence-electron chi connectivity index (χ4n) is 2.84. The lowest BCUT2D eigenvalue weighted by atomic mass is 10.2. The molecule has 6 nitrogen and oxygen atoms in total. The Hall–Kier alpha value is -1.58. The van der Waals surface area contributed by atoms with E-state index in [0.29, 0.717) is 25.5 Å². The van der Waals surface area contributed by atoms with Gasteiger partial charge in [0.2, 0.25) is 5.91 Å². The molecule has 0 unspecified atom stereocenters. The lowest BCUT2D eigenvalue weighted by Gasteiger charge is -2.16. The first-order valence-electron chi connectivity index (χ1n) is 9.35. The van der Waals surface area contributed by atoms with Gasteiger partial charge in [-0.1, -0.05) is 6.07 Å². The number of halogens is 2. The summed E-state index contributed by atoms with van der Waals surface area (Å²) < 4.78 is 19.1. The maximum atomic E-state index is 13.9. The highest BCUT2D eigenvalue weighted by molar-refractivity contribution is 14.0. The topological polar surface area (TPSA) is 66.0 Å². The first-order valence-corrected chi connectivity index (χ1v) is 9.35. The molecule has 27 heavy (non-hydrogen) atoms. The molecule has 1 aliphatic rings. The van der Waals surface area contributed by atoms with E-state index in [-0.39, 0.29) is 41.5 Å². The van der Waals surface area contributed by atoms with Gasteiger partial charge in [-0.15, -0.1) is 24.0 Å². The van der Waals surface area contributed by atoms with Gasteiger partial charge < -0.3 is 20.3 Å². The van der Waals surface area contributed by atoms with Crippen molar-refractivity contribution in [3.63, 3.8) is 0 Å². The molecule has 1 heterocycles. The van der Waals surface area contributed by atoms with E-state index in [2.05, 4.69) is 15.6 Å². The number of carbonyl (C=O) groups excluding carboxylic acids is 1. The van der Waals surface area contributed by atoms with Gasteiger partial charge in [0, 0.05) is 32.6 Å². The second-order valence-corrected chi connectivity index (χ2v) is 6.16. The Labute approximate surface area is 178 Å². The van der Waals surface area contributed by atoms with Crippen molar-refractivity contribution in [3.05, 3.63) is 29.6 Å². The molecule has 1 aliphatic heterocycles. The third kappa shape index (κ3) is 7.90. The average molecular weight is 492 g/mol. The molecule has 1 aromatic rings. The van der Waals surface area contributed by atoms with Crippen LogP contribution in [0.3, 0.4) is 0 Å². The number of hydrogen-bond acceptors (Lipinski definition) is 3. The lowest BCUT2D eigenvalue weighted by molar-refractivity contribution is -0.127. The number of amides is 1. The average Bonchev–Trinajstić information content (AvgIpc) is 3.03. The molecule has 1 fully saturated rings. The molecule has 1 aromatic carbocycles. The van der Waals surface area contributed by atoms with Crippen LogP contribution in [-0.4, -0.2) is 49.6 Å². The highest BCUT2D eigenvalue weighted by Crippen LogP contribution is 2.18. The van der Waals surface area contributed by atoms with Crippen LogP contribution in [0.15, 0.2) is 23.2 Å². The maximum absolute atomic E-state index is 13.9. The first-order chi connectivity index (χ1) is 12.6. The summed E-state index contributed by atoms with van der Waals surface area (Å²) in [5.41, 5.74) is 0.783.